The molecule has 1 saturated heterocycles. The van der Waals surface area contributed by atoms with Crippen molar-refractivity contribution in [1.29, 1.82) is 0 Å². The smallest absolute Gasteiger partial charge is 0.317 e. The highest BCUT2D eigenvalue weighted by atomic mass is 35.5. The van der Waals surface area contributed by atoms with Crippen LogP contribution in [0.1, 0.15) is 25.8 Å². The lowest BCUT2D eigenvalue weighted by Gasteiger charge is -2.25. The fourth-order valence-electron chi connectivity index (χ4n) is 3.68. The fraction of sp³-hybridized carbons (Fsp3) is 0.500. The quantitative estimate of drug-likeness (QED) is 0.709. The summed E-state index contributed by atoms with van der Waals surface area (Å²) in [5.74, 6) is 0.153. The van der Waals surface area contributed by atoms with Crippen LogP contribution in [0.4, 0.5) is 4.79 Å². The number of amides is 3. The second-order valence-electron chi connectivity index (χ2n) is 7.61. The lowest BCUT2D eigenvalue weighted by molar-refractivity contribution is -0.132. The van der Waals surface area contributed by atoms with Gasteiger partial charge in [0.25, 0.3) is 0 Å². The number of hydrogen-bond acceptors (Lipinski definition) is 4. The normalized spacial score (nSPS) is 14.9. The van der Waals surface area contributed by atoms with Crippen molar-refractivity contribution in [3.05, 3.63) is 47.2 Å². The largest absolute Gasteiger partial charge is 0.342 e. The van der Waals surface area contributed by atoms with Gasteiger partial charge in [-0.3, -0.25) is 9.69 Å². The van der Waals surface area contributed by atoms with Gasteiger partial charge in [-0.05, 0) is 44.5 Å². The third kappa shape index (κ3) is 6.45. The molecule has 0 spiro atoms. The number of rotatable bonds is 7. The van der Waals surface area contributed by atoms with E-state index in [0.29, 0.717) is 37.7 Å². The van der Waals surface area contributed by atoms with E-state index in [4.69, 9.17) is 11.6 Å². The molecular weight excluding hydrogens is 416 g/mol. The highest BCUT2D eigenvalue weighted by molar-refractivity contribution is 6.30. The van der Waals surface area contributed by atoms with E-state index in [0.717, 1.165) is 37.3 Å². The lowest BCUT2D eigenvalue weighted by Crippen LogP contribution is -2.43. The molecule has 168 valence electrons. The van der Waals surface area contributed by atoms with E-state index in [1.807, 2.05) is 54.1 Å². The molecule has 1 aromatic heterocycles. The molecule has 1 aliphatic rings. The number of benzene rings is 1. The Morgan fingerprint density at radius 3 is 2.55 bits per heavy atom. The molecule has 3 amide bonds. The van der Waals surface area contributed by atoms with Gasteiger partial charge in [-0.2, -0.15) is 5.10 Å². The van der Waals surface area contributed by atoms with Crippen LogP contribution in [0.15, 0.2) is 36.7 Å². The number of nitrogens with one attached hydrogen (secondary N) is 1. The van der Waals surface area contributed by atoms with Crippen LogP contribution in [0, 0.1) is 0 Å². The zero-order chi connectivity index (χ0) is 22.2. The topological polar surface area (TPSA) is 73.7 Å². The molecule has 31 heavy (non-hydrogen) atoms. The molecule has 8 nitrogen and oxygen atoms in total. The van der Waals surface area contributed by atoms with Crippen molar-refractivity contribution >= 4 is 23.5 Å². The Hall–Kier alpha value is -2.58. The first-order chi connectivity index (χ1) is 15.0. The second kappa shape index (κ2) is 11.2. The van der Waals surface area contributed by atoms with Crippen LogP contribution in [-0.4, -0.2) is 82.2 Å². The summed E-state index contributed by atoms with van der Waals surface area (Å²) in [5, 5.41) is 8.01. The van der Waals surface area contributed by atoms with Gasteiger partial charge in [-0.15, -0.1) is 0 Å². The Bertz CT molecular complexity index is 865. The molecule has 9 heteroatoms. The van der Waals surface area contributed by atoms with Crippen LogP contribution >= 0.6 is 11.6 Å². The van der Waals surface area contributed by atoms with Crippen molar-refractivity contribution in [2.45, 2.75) is 26.8 Å². The Labute approximate surface area is 188 Å². The summed E-state index contributed by atoms with van der Waals surface area (Å²) in [7, 11) is 0. The van der Waals surface area contributed by atoms with Crippen LogP contribution in [0.2, 0.25) is 5.02 Å². The van der Waals surface area contributed by atoms with Crippen LogP contribution < -0.4 is 5.32 Å². The summed E-state index contributed by atoms with van der Waals surface area (Å²) in [5.41, 5.74) is 1.83. The SMILES string of the molecule is CCN(CC)C(=O)CN1CCCN(C(=O)NCc2cnn(-c3ccc(Cl)cc3)c2)CC1. The number of carbonyl (C=O) groups is 2. The number of halogens is 1. The molecule has 2 aromatic rings. The standard InChI is InChI=1S/C22H31ClN6O2/c1-3-27(4-2)21(30)17-26-10-5-11-28(13-12-26)22(31)24-14-18-15-25-29(16-18)20-8-6-19(23)7-9-20/h6-9,15-16H,3-5,10-14,17H2,1-2H3,(H,24,31). The molecule has 3 rings (SSSR count). The Kier molecular flexibility index (Phi) is 8.31. The van der Waals surface area contributed by atoms with Gasteiger partial charge in [-0.25, -0.2) is 9.48 Å². The van der Waals surface area contributed by atoms with Gasteiger partial charge in [-0.1, -0.05) is 11.6 Å². The van der Waals surface area contributed by atoms with Crippen molar-refractivity contribution in [3.8, 4) is 5.69 Å². The summed E-state index contributed by atoms with van der Waals surface area (Å²) in [6.45, 7) is 9.10. The first-order valence-electron chi connectivity index (χ1n) is 10.8. The van der Waals surface area contributed by atoms with Gasteiger partial charge in [0.1, 0.15) is 0 Å². The highest BCUT2D eigenvalue weighted by Gasteiger charge is 2.21. The molecule has 0 unspecified atom stereocenters. The lowest BCUT2D eigenvalue weighted by atomic mass is 10.3. The summed E-state index contributed by atoms with van der Waals surface area (Å²) >= 11 is 5.93. The zero-order valence-electron chi connectivity index (χ0n) is 18.3. The molecule has 0 saturated carbocycles. The first-order valence-corrected chi connectivity index (χ1v) is 11.2. The third-order valence-electron chi connectivity index (χ3n) is 5.52. The van der Waals surface area contributed by atoms with E-state index in [2.05, 4.69) is 15.3 Å². The van der Waals surface area contributed by atoms with E-state index in [1.165, 1.54) is 0 Å². The van der Waals surface area contributed by atoms with E-state index >= 15 is 0 Å². The van der Waals surface area contributed by atoms with Crippen molar-refractivity contribution in [2.24, 2.45) is 0 Å². The van der Waals surface area contributed by atoms with E-state index in [9.17, 15) is 9.59 Å². The first kappa shape index (κ1) is 23.1. The number of aromatic nitrogens is 2. The predicted molar refractivity (Wildman–Crippen MR) is 121 cm³/mol. The monoisotopic (exact) mass is 446 g/mol. The van der Waals surface area contributed by atoms with Crippen molar-refractivity contribution in [2.75, 3.05) is 45.8 Å². The Morgan fingerprint density at radius 2 is 1.84 bits per heavy atom. The molecule has 0 radical (unpaired) electrons. The van der Waals surface area contributed by atoms with Gasteiger partial charge in [0, 0.05) is 62.6 Å². The van der Waals surface area contributed by atoms with E-state index < -0.39 is 0 Å². The number of carbonyl (C=O) groups excluding carboxylic acids is 2. The number of likely N-dealkylation sites (N-methyl/N-ethyl adjacent to an activating group) is 1. The second-order valence-corrected chi connectivity index (χ2v) is 8.05. The van der Waals surface area contributed by atoms with E-state index in [-0.39, 0.29) is 11.9 Å². The molecule has 0 bridgehead atoms. The molecule has 0 aliphatic carbocycles. The number of hydrogen-bond donors (Lipinski definition) is 1. The Morgan fingerprint density at radius 1 is 1.10 bits per heavy atom. The maximum absolute atomic E-state index is 12.6. The van der Waals surface area contributed by atoms with Gasteiger partial charge >= 0.3 is 6.03 Å². The van der Waals surface area contributed by atoms with Gasteiger partial charge in [0.15, 0.2) is 0 Å². The van der Waals surface area contributed by atoms with Gasteiger partial charge in [0.2, 0.25) is 5.91 Å². The molecule has 1 aromatic carbocycles. The summed E-state index contributed by atoms with van der Waals surface area (Å²) in [6.07, 6.45) is 4.50. The molecule has 1 aliphatic heterocycles. The molecule has 0 atom stereocenters. The molecule has 1 fully saturated rings. The number of urea groups is 1. The average Bonchev–Trinajstić information content (AvgIpc) is 3.12. The third-order valence-corrected chi connectivity index (χ3v) is 5.77. The summed E-state index contributed by atoms with van der Waals surface area (Å²) in [4.78, 5) is 30.8. The van der Waals surface area contributed by atoms with Gasteiger partial charge < -0.3 is 15.1 Å². The minimum Gasteiger partial charge on any atom is -0.342 e. The van der Waals surface area contributed by atoms with Crippen molar-refractivity contribution < 1.29 is 9.59 Å². The van der Waals surface area contributed by atoms with Crippen molar-refractivity contribution in [1.82, 2.24) is 29.8 Å². The minimum atomic E-state index is -0.0869. The zero-order valence-corrected chi connectivity index (χ0v) is 19.0. The predicted octanol–water partition coefficient (Wildman–Crippen LogP) is 2.61. The molecule has 1 N–H and O–H groups in total. The van der Waals surface area contributed by atoms with Crippen LogP contribution in [0.25, 0.3) is 5.69 Å². The maximum Gasteiger partial charge on any atom is 0.317 e. The minimum absolute atomic E-state index is 0.0869. The summed E-state index contributed by atoms with van der Waals surface area (Å²) < 4.78 is 1.76. The molecule has 2 heterocycles. The molecular formula is C22H31ClN6O2. The van der Waals surface area contributed by atoms with Crippen LogP contribution in [0.3, 0.4) is 0 Å². The van der Waals surface area contributed by atoms with Crippen LogP contribution in [0.5, 0.6) is 0 Å². The Balaban J connectivity index is 1.47. The van der Waals surface area contributed by atoms with E-state index in [1.54, 1.807) is 10.9 Å². The summed E-state index contributed by atoms with van der Waals surface area (Å²) in [6, 6.07) is 7.34. The van der Waals surface area contributed by atoms with Gasteiger partial charge in [0.05, 0.1) is 18.4 Å². The van der Waals surface area contributed by atoms with Crippen LogP contribution in [-0.2, 0) is 11.3 Å². The maximum atomic E-state index is 12.6. The fourth-order valence-corrected chi connectivity index (χ4v) is 3.80. The average molecular weight is 447 g/mol. The highest BCUT2D eigenvalue weighted by Crippen LogP contribution is 2.13. The van der Waals surface area contributed by atoms with Crippen molar-refractivity contribution in [3.63, 3.8) is 0 Å². The number of nitrogens with zero attached hydrogens (tertiary/aromatic N) is 5.